The normalized spacial score (nSPS) is 12.6. The summed E-state index contributed by atoms with van der Waals surface area (Å²) in [6, 6.07) is 1.57. The highest BCUT2D eigenvalue weighted by Crippen LogP contribution is 2.34. The molecular formula is C8H10O6S2. The minimum Gasteiger partial charge on any atom is -0.506 e. The smallest absolute Gasteiger partial charge is 0.182 e. The highest BCUT2D eigenvalue weighted by Gasteiger charge is 2.22. The lowest BCUT2D eigenvalue weighted by Crippen LogP contribution is -2.02. The molecule has 0 atom stereocenters. The topological polar surface area (TPSA) is 109 Å². The second-order valence-electron chi connectivity index (χ2n) is 3.33. The van der Waals surface area contributed by atoms with Crippen molar-refractivity contribution in [3.8, 4) is 11.5 Å². The molecule has 0 aliphatic heterocycles. The standard InChI is InChI=1S/C8H10O6S2/c1-15(11,12)5-3-6(9)8(7(10)4-5)16(2,13)14/h3-4,9-10H,1-2H3. The molecule has 0 heterocycles. The van der Waals surface area contributed by atoms with Gasteiger partial charge in [-0.05, 0) is 0 Å². The number of rotatable bonds is 2. The molecule has 0 aliphatic carbocycles. The number of hydrogen-bond acceptors (Lipinski definition) is 6. The van der Waals surface area contributed by atoms with Crippen LogP contribution in [0.5, 0.6) is 11.5 Å². The van der Waals surface area contributed by atoms with Crippen LogP contribution in [0.4, 0.5) is 0 Å². The molecular weight excluding hydrogens is 256 g/mol. The van der Waals surface area contributed by atoms with Crippen LogP contribution in [0, 0.1) is 0 Å². The molecule has 0 radical (unpaired) electrons. The predicted molar refractivity (Wildman–Crippen MR) is 56.0 cm³/mol. The molecule has 1 aromatic rings. The Morgan fingerprint density at radius 1 is 0.875 bits per heavy atom. The summed E-state index contributed by atoms with van der Waals surface area (Å²) in [4.78, 5) is -1.03. The van der Waals surface area contributed by atoms with Crippen LogP contribution < -0.4 is 0 Å². The van der Waals surface area contributed by atoms with Crippen LogP contribution in [0.25, 0.3) is 0 Å². The van der Waals surface area contributed by atoms with Gasteiger partial charge in [-0.15, -0.1) is 0 Å². The Kier molecular flexibility index (Phi) is 2.90. The summed E-state index contributed by atoms with van der Waals surface area (Å²) in [5.41, 5.74) is 0. The van der Waals surface area contributed by atoms with E-state index in [-0.39, 0.29) is 4.90 Å². The molecule has 0 fully saturated rings. The van der Waals surface area contributed by atoms with Gasteiger partial charge in [0.1, 0.15) is 16.4 Å². The van der Waals surface area contributed by atoms with E-state index in [2.05, 4.69) is 0 Å². The van der Waals surface area contributed by atoms with Crippen LogP contribution in [0.15, 0.2) is 21.9 Å². The lowest BCUT2D eigenvalue weighted by molar-refractivity contribution is 0.420. The van der Waals surface area contributed by atoms with Crippen molar-refractivity contribution in [1.82, 2.24) is 0 Å². The fraction of sp³-hybridized carbons (Fsp3) is 0.250. The molecule has 16 heavy (non-hydrogen) atoms. The summed E-state index contributed by atoms with van der Waals surface area (Å²) in [5, 5.41) is 18.7. The quantitative estimate of drug-likeness (QED) is 0.774. The molecule has 0 saturated heterocycles. The van der Waals surface area contributed by atoms with E-state index in [1.807, 2.05) is 0 Å². The Morgan fingerprint density at radius 2 is 1.25 bits per heavy atom. The summed E-state index contributed by atoms with van der Waals surface area (Å²) < 4.78 is 44.6. The van der Waals surface area contributed by atoms with Crippen molar-refractivity contribution in [2.24, 2.45) is 0 Å². The van der Waals surface area contributed by atoms with Gasteiger partial charge in [0, 0.05) is 24.6 Å². The zero-order valence-electron chi connectivity index (χ0n) is 8.50. The van der Waals surface area contributed by atoms with E-state index in [1.165, 1.54) is 0 Å². The Morgan fingerprint density at radius 3 is 1.50 bits per heavy atom. The number of benzene rings is 1. The van der Waals surface area contributed by atoms with Crippen molar-refractivity contribution in [1.29, 1.82) is 0 Å². The highest BCUT2D eigenvalue weighted by atomic mass is 32.2. The lowest BCUT2D eigenvalue weighted by atomic mass is 10.3. The third-order valence-corrected chi connectivity index (χ3v) is 4.07. The molecule has 0 amide bonds. The van der Waals surface area contributed by atoms with Crippen LogP contribution in [0.1, 0.15) is 0 Å². The molecule has 1 aromatic carbocycles. The van der Waals surface area contributed by atoms with Crippen LogP contribution in [0.3, 0.4) is 0 Å². The zero-order valence-corrected chi connectivity index (χ0v) is 10.1. The molecule has 0 saturated carbocycles. The first kappa shape index (κ1) is 12.8. The second-order valence-corrected chi connectivity index (χ2v) is 7.30. The Hall–Kier alpha value is -1.28. The number of phenolic OH excluding ortho intramolecular Hbond substituents is 2. The summed E-state index contributed by atoms with van der Waals surface area (Å²) >= 11 is 0. The van der Waals surface area contributed by atoms with Gasteiger partial charge in [0.05, 0.1) is 4.90 Å². The molecule has 90 valence electrons. The fourth-order valence-corrected chi connectivity index (χ4v) is 2.70. The van der Waals surface area contributed by atoms with Gasteiger partial charge in [-0.3, -0.25) is 0 Å². The van der Waals surface area contributed by atoms with Crippen molar-refractivity contribution >= 4 is 19.7 Å². The van der Waals surface area contributed by atoms with Gasteiger partial charge in [0.15, 0.2) is 19.7 Å². The number of aromatic hydroxyl groups is 2. The third-order valence-electron chi connectivity index (χ3n) is 1.82. The largest absolute Gasteiger partial charge is 0.506 e. The summed E-state index contributed by atoms with van der Waals surface area (Å²) in [5.74, 6) is -1.58. The van der Waals surface area contributed by atoms with Crippen molar-refractivity contribution in [3.63, 3.8) is 0 Å². The van der Waals surface area contributed by atoms with Crippen molar-refractivity contribution in [2.75, 3.05) is 12.5 Å². The van der Waals surface area contributed by atoms with E-state index < -0.39 is 36.1 Å². The van der Waals surface area contributed by atoms with Crippen molar-refractivity contribution in [2.45, 2.75) is 9.79 Å². The minimum atomic E-state index is -3.82. The van der Waals surface area contributed by atoms with Crippen LogP contribution in [0.2, 0.25) is 0 Å². The lowest BCUT2D eigenvalue weighted by Gasteiger charge is -2.07. The summed E-state index contributed by atoms with van der Waals surface area (Å²) in [7, 11) is -7.45. The van der Waals surface area contributed by atoms with E-state index in [0.717, 1.165) is 24.6 Å². The molecule has 6 nitrogen and oxygen atoms in total. The Balaban J connectivity index is 3.66. The minimum absolute atomic E-state index is 0.352. The fourth-order valence-electron chi connectivity index (χ4n) is 1.17. The molecule has 0 aromatic heterocycles. The Bertz CT molecular complexity index is 603. The summed E-state index contributed by atoms with van der Waals surface area (Å²) in [6.07, 6.45) is 1.67. The number of sulfone groups is 2. The number of hydrogen-bond donors (Lipinski definition) is 2. The predicted octanol–water partition coefficient (Wildman–Crippen LogP) is -0.0952. The molecule has 0 aliphatic rings. The van der Waals surface area contributed by atoms with Gasteiger partial charge >= 0.3 is 0 Å². The maximum absolute atomic E-state index is 11.2. The first-order valence-corrected chi connectivity index (χ1v) is 7.78. The van der Waals surface area contributed by atoms with Crippen LogP contribution in [-0.2, 0) is 19.7 Å². The average molecular weight is 266 g/mol. The van der Waals surface area contributed by atoms with E-state index in [4.69, 9.17) is 0 Å². The molecule has 0 spiro atoms. The SMILES string of the molecule is CS(=O)(=O)c1cc(O)c(S(C)(=O)=O)c(O)c1. The monoisotopic (exact) mass is 266 g/mol. The first-order chi connectivity index (χ1) is 7.03. The zero-order chi connectivity index (χ0) is 12.7. The van der Waals surface area contributed by atoms with Crippen molar-refractivity contribution in [3.05, 3.63) is 12.1 Å². The van der Waals surface area contributed by atoms with E-state index in [0.29, 0.717) is 0 Å². The van der Waals surface area contributed by atoms with Crippen molar-refractivity contribution < 1.29 is 27.0 Å². The highest BCUT2D eigenvalue weighted by molar-refractivity contribution is 7.91. The number of phenols is 2. The molecule has 0 bridgehead atoms. The van der Waals surface area contributed by atoms with Crippen LogP contribution in [-0.4, -0.2) is 39.6 Å². The molecule has 8 heteroatoms. The van der Waals surface area contributed by atoms with Gasteiger partial charge in [0.25, 0.3) is 0 Å². The molecule has 2 N–H and O–H groups in total. The Labute approximate surface area is 93.0 Å². The van der Waals surface area contributed by atoms with Gasteiger partial charge in [-0.25, -0.2) is 16.8 Å². The van der Waals surface area contributed by atoms with Gasteiger partial charge in [-0.1, -0.05) is 0 Å². The van der Waals surface area contributed by atoms with E-state index in [1.54, 1.807) is 0 Å². The van der Waals surface area contributed by atoms with Gasteiger partial charge in [0.2, 0.25) is 0 Å². The second kappa shape index (κ2) is 3.63. The third kappa shape index (κ3) is 2.45. The van der Waals surface area contributed by atoms with Gasteiger partial charge < -0.3 is 10.2 Å². The average Bonchev–Trinajstić information content (AvgIpc) is 1.97. The van der Waals surface area contributed by atoms with Gasteiger partial charge in [-0.2, -0.15) is 0 Å². The van der Waals surface area contributed by atoms with E-state index in [9.17, 15) is 27.0 Å². The maximum Gasteiger partial charge on any atom is 0.182 e. The molecule has 0 unspecified atom stereocenters. The maximum atomic E-state index is 11.2. The summed E-state index contributed by atoms with van der Waals surface area (Å²) in [6.45, 7) is 0. The molecule has 1 rings (SSSR count). The van der Waals surface area contributed by atoms with Crippen LogP contribution >= 0.6 is 0 Å². The van der Waals surface area contributed by atoms with E-state index >= 15 is 0 Å². The first-order valence-electron chi connectivity index (χ1n) is 3.99.